The number of amidine groups is 1. The third-order valence-corrected chi connectivity index (χ3v) is 5.48. The van der Waals surface area contributed by atoms with Crippen LogP contribution in [0.3, 0.4) is 0 Å². The summed E-state index contributed by atoms with van der Waals surface area (Å²) in [4.78, 5) is 30.5. The number of carbonyl (C=O) groups excluding carboxylic acids is 2. The van der Waals surface area contributed by atoms with Crippen molar-refractivity contribution in [3.8, 4) is 6.19 Å². The highest BCUT2D eigenvalue weighted by Gasteiger charge is 2.41. The maximum atomic E-state index is 12.7. The highest BCUT2D eigenvalue weighted by molar-refractivity contribution is 8.15. The van der Waals surface area contributed by atoms with Crippen LogP contribution in [0.1, 0.15) is 6.42 Å². The van der Waals surface area contributed by atoms with Gasteiger partial charge in [0.05, 0.1) is 21.4 Å². The predicted molar refractivity (Wildman–Crippen MR) is 107 cm³/mol. The van der Waals surface area contributed by atoms with Gasteiger partial charge in [0, 0.05) is 6.42 Å². The normalized spacial score (nSPS) is 17.1. The Morgan fingerprint density at radius 3 is 2.59 bits per heavy atom. The van der Waals surface area contributed by atoms with Gasteiger partial charge < -0.3 is 0 Å². The van der Waals surface area contributed by atoms with Gasteiger partial charge in [-0.15, -0.1) is 0 Å². The number of thioether (sulfide) groups is 1. The fraction of sp³-hybridized carbons (Fsp3) is 0.111. The van der Waals surface area contributed by atoms with Crippen molar-refractivity contribution in [3.05, 3.63) is 58.6 Å². The van der Waals surface area contributed by atoms with E-state index in [-0.39, 0.29) is 22.5 Å². The second-order valence-corrected chi connectivity index (χ2v) is 7.47. The average molecular weight is 419 g/mol. The Morgan fingerprint density at radius 1 is 1.19 bits per heavy atom. The van der Waals surface area contributed by atoms with Crippen molar-refractivity contribution in [1.29, 1.82) is 5.26 Å². The van der Waals surface area contributed by atoms with Crippen LogP contribution >= 0.6 is 35.0 Å². The molecule has 1 aliphatic rings. The number of aliphatic imine (C=N–C) groups is 1. The fourth-order valence-electron chi connectivity index (χ4n) is 2.48. The molecule has 0 radical (unpaired) electrons. The van der Waals surface area contributed by atoms with Gasteiger partial charge in [-0.3, -0.25) is 14.9 Å². The largest absolute Gasteiger partial charge is 0.274 e. The summed E-state index contributed by atoms with van der Waals surface area (Å²) >= 11 is 12.9. The SMILES string of the molecule is N#CNC(=Nc1ccccc1)S[C@@H]1CC(=O)N(c2ccc(Cl)c(Cl)c2)C1=O. The molecule has 1 N–H and O–H groups in total. The summed E-state index contributed by atoms with van der Waals surface area (Å²) in [5.41, 5.74) is 0.984. The molecular weight excluding hydrogens is 407 g/mol. The Hall–Kier alpha value is -2.53. The van der Waals surface area contributed by atoms with E-state index >= 15 is 0 Å². The summed E-state index contributed by atoms with van der Waals surface area (Å²) in [6.45, 7) is 0. The van der Waals surface area contributed by atoms with Gasteiger partial charge in [0.15, 0.2) is 11.4 Å². The quantitative estimate of drug-likeness (QED) is 0.266. The lowest BCUT2D eigenvalue weighted by molar-refractivity contribution is -0.121. The molecule has 1 atom stereocenters. The molecule has 0 aliphatic carbocycles. The molecule has 1 heterocycles. The van der Waals surface area contributed by atoms with Gasteiger partial charge in [-0.1, -0.05) is 53.2 Å². The summed E-state index contributed by atoms with van der Waals surface area (Å²) in [6, 6.07) is 13.6. The molecule has 1 fully saturated rings. The number of para-hydroxylation sites is 1. The maximum absolute atomic E-state index is 12.7. The number of rotatable bonds is 3. The number of anilines is 1. The monoisotopic (exact) mass is 418 g/mol. The van der Waals surface area contributed by atoms with Crippen molar-refractivity contribution in [2.75, 3.05) is 4.90 Å². The Bertz CT molecular complexity index is 960. The lowest BCUT2D eigenvalue weighted by Crippen LogP contribution is -2.32. The first-order chi connectivity index (χ1) is 13.0. The van der Waals surface area contributed by atoms with Crippen LogP contribution in [0, 0.1) is 11.5 Å². The van der Waals surface area contributed by atoms with Crippen molar-refractivity contribution in [3.63, 3.8) is 0 Å². The zero-order valence-corrected chi connectivity index (χ0v) is 16.1. The van der Waals surface area contributed by atoms with Gasteiger partial charge in [0.1, 0.15) is 5.25 Å². The van der Waals surface area contributed by atoms with Crippen molar-refractivity contribution < 1.29 is 9.59 Å². The molecule has 0 bridgehead atoms. The first-order valence-electron chi connectivity index (χ1n) is 7.77. The van der Waals surface area contributed by atoms with Gasteiger partial charge in [0.25, 0.3) is 0 Å². The van der Waals surface area contributed by atoms with E-state index in [0.29, 0.717) is 16.4 Å². The smallest absolute Gasteiger partial charge is 0.247 e. The molecule has 0 aromatic heterocycles. The molecule has 2 aromatic rings. The van der Waals surface area contributed by atoms with Gasteiger partial charge in [-0.05, 0) is 30.3 Å². The molecule has 9 heteroatoms. The molecule has 3 rings (SSSR count). The van der Waals surface area contributed by atoms with E-state index in [1.165, 1.54) is 12.1 Å². The van der Waals surface area contributed by atoms with Crippen LogP contribution in [0.15, 0.2) is 53.5 Å². The number of hydrogen-bond acceptors (Lipinski definition) is 5. The first-order valence-corrected chi connectivity index (χ1v) is 9.40. The van der Waals surface area contributed by atoms with Gasteiger partial charge >= 0.3 is 0 Å². The van der Waals surface area contributed by atoms with E-state index in [2.05, 4.69) is 10.3 Å². The molecule has 1 saturated heterocycles. The minimum absolute atomic E-state index is 0.00926. The first kappa shape index (κ1) is 19.2. The zero-order valence-electron chi connectivity index (χ0n) is 13.7. The predicted octanol–water partition coefficient (Wildman–Crippen LogP) is 4.12. The van der Waals surface area contributed by atoms with Crippen molar-refractivity contribution in [2.45, 2.75) is 11.7 Å². The minimum Gasteiger partial charge on any atom is -0.274 e. The van der Waals surface area contributed by atoms with E-state index in [9.17, 15) is 9.59 Å². The molecule has 27 heavy (non-hydrogen) atoms. The summed E-state index contributed by atoms with van der Waals surface area (Å²) < 4.78 is 0. The molecular formula is C18H12Cl2N4O2S. The number of benzene rings is 2. The average Bonchev–Trinajstić information content (AvgIpc) is 2.92. The van der Waals surface area contributed by atoms with Crippen LogP contribution in [-0.4, -0.2) is 22.2 Å². The lowest BCUT2D eigenvalue weighted by Gasteiger charge is -2.15. The maximum Gasteiger partial charge on any atom is 0.247 e. The second kappa shape index (κ2) is 8.44. The van der Waals surface area contributed by atoms with E-state index in [1.54, 1.807) is 24.4 Å². The fourth-order valence-corrected chi connectivity index (χ4v) is 3.73. The summed E-state index contributed by atoms with van der Waals surface area (Å²) in [5, 5.41) is 11.5. The molecule has 2 aromatic carbocycles. The Kier molecular flexibility index (Phi) is 6.01. The number of amides is 2. The number of hydrogen-bond donors (Lipinski definition) is 1. The van der Waals surface area contributed by atoms with Crippen LogP contribution in [0.2, 0.25) is 10.0 Å². The number of nitrogens with one attached hydrogen (secondary N) is 1. The van der Waals surface area contributed by atoms with E-state index < -0.39 is 11.2 Å². The summed E-state index contributed by atoms with van der Waals surface area (Å²) in [6.07, 6.45) is 1.79. The van der Waals surface area contributed by atoms with E-state index in [4.69, 9.17) is 28.5 Å². The van der Waals surface area contributed by atoms with E-state index in [0.717, 1.165) is 16.7 Å². The topological polar surface area (TPSA) is 85.6 Å². The molecule has 0 saturated carbocycles. The molecule has 0 unspecified atom stereocenters. The third-order valence-electron chi connectivity index (χ3n) is 3.67. The Morgan fingerprint density at radius 2 is 1.93 bits per heavy atom. The number of nitrogens with zero attached hydrogens (tertiary/aromatic N) is 3. The zero-order chi connectivity index (χ0) is 19.4. The molecule has 0 spiro atoms. The van der Waals surface area contributed by atoms with Gasteiger partial charge in [-0.2, -0.15) is 5.26 Å². The third kappa shape index (κ3) is 4.42. The second-order valence-electron chi connectivity index (χ2n) is 5.47. The molecule has 136 valence electrons. The van der Waals surface area contributed by atoms with Crippen molar-refractivity contribution in [1.82, 2.24) is 5.32 Å². The molecule has 1 aliphatic heterocycles. The Balaban J connectivity index is 1.82. The van der Waals surface area contributed by atoms with Crippen LogP contribution in [0.5, 0.6) is 0 Å². The highest BCUT2D eigenvalue weighted by atomic mass is 35.5. The number of carbonyl (C=O) groups is 2. The van der Waals surface area contributed by atoms with Gasteiger partial charge in [0.2, 0.25) is 11.8 Å². The van der Waals surface area contributed by atoms with Crippen LogP contribution in [0.25, 0.3) is 0 Å². The minimum atomic E-state index is -0.699. The summed E-state index contributed by atoms with van der Waals surface area (Å²) in [5.74, 6) is -0.754. The Labute approximate surface area is 169 Å². The number of imide groups is 1. The standard InChI is InChI=1S/C18H12Cl2N4O2S/c19-13-7-6-12(8-14(13)20)24-16(25)9-15(17(24)26)27-18(22-10-21)23-11-4-2-1-3-5-11/h1-8,15H,9H2,(H,22,23)/t15-/m1/s1. The summed E-state index contributed by atoms with van der Waals surface area (Å²) in [7, 11) is 0. The van der Waals surface area contributed by atoms with Crippen LogP contribution < -0.4 is 10.2 Å². The number of halogens is 2. The number of nitriles is 1. The van der Waals surface area contributed by atoms with Crippen LogP contribution in [-0.2, 0) is 9.59 Å². The molecule has 6 nitrogen and oxygen atoms in total. The highest BCUT2D eigenvalue weighted by Crippen LogP contribution is 2.33. The van der Waals surface area contributed by atoms with Gasteiger partial charge in [-0.25, -0.2) is 9.89 Å². The van der Waals surface area contributed by atoms with Crippen molar-refractivity contribution in [2.24, 2.45) is 4.99 Å². The molecule has 2 amide bonds. The lowest BCUT2D eigenvalue weighted by atomic mass is 10.3. The van der Waals surface area contributed by atoms with E-state index in [1.807, 2.05) is 18.2 Å². The van der Waals surface area contributed by atoms with Crippen molar-refractivity contribution >= 4 is 63.3 Å². The van der Waals surface area contributed by atoms with Crippen LogP contribution in [0.4, 0.5) is 11.4 Å².